The van der Waals surface area contributed by atoms with Crippen LogP contribution in [0.5, 0.6) is 11.5 Å². The number of aryl methyl sites for hydroxylation is 1. The number of ketones is 1. The number of benzene rings is 1. The highest BCUT2D eigenvalue weighted by molar-refractivity contribution is 6.06. The number of fused-ring (bicyclic) bond motifs is 7. The first kappa shape index (κ1) is 11.8. The van der Waals surface area contributed by atoms with Crippen LogP contribution in [0.3, 0.4) is 0 Å². The van der Waals surface area contributed by atoms with Gasteiger partial charge < -0.3 is 18.6 Å². The van der Waals surface area contributed by atoms with Crippen LogP contribution >= 0.6 is 0 Å². The zero-order valence-electron chi connectivity index (χ0n) is 13.2. The molecule has 0 amide bonds. The van der Waals surface area contributed by atoms with E-state index in [9.17, 15) is 9.59 Å². The zero-order chi connectivity index (χ0) is 16.6. The van der Waals surface area contributed by atoms with Gasteiger partial charge in [0.15, 0.2) is 5.78 Å². The number of ether oxygens (including phenoxy) is 3. The molecule has 6 nitrogen and oxygen atoms in total. The normalized spacial score (nSPS) is 24.5. The first-order valence-electron chi connectivity index (χ1n) is 7.82. The molecule has 5 rings (SSSR count). The third-order valence-electron chi connectivity index (χ3n) is 4.63. The van der Waals surface area contributed by atoms with Crippen LogP contribution in [-0.2, 0) is 11.2 Å². The summed E-state index contributed by atoms with van der Waals surface area (Å²) in [5.41, 5.74) is 1.05. The Kier molecular flexibility index (Phi) is 2.13. The third kappa shape index (κ3) is 1.48. The predicted molar refractivity (Wildman–Crippen MR) is 79.1 cm³/mol. The molecule has 1 aromatic heterocycles. The van der Waals surface area contributed by atoms with E-state index in [1.54, 1.807) is 6.07 Å². The highest BCUT2D eigenvalue weighted by Gasteiger charge is 2.41. The Bertz CT molecular complexity index is 1020. The van der Waals surface area contributed by atoms with E-state index < -0.39 is 17.8 Å². The van der Waals surface area contributed by atoms with Crippen molar-refractivity contribution in [3.63, 3.8) is 0 Å². The van der Waals surface area contributed by atoms with E-state index in [0.717, 1.165) is 0 Å². The number of carbonyl (C=O) groups is 1. The second-order valence-corrected chi connectivity index (χ2v) is 5.75. The second kappa shape index (κ2) is 4.16. The van der Waals surface area contributed by atoms with E-state index in [-0.39, 0.29) is 23.8 Å². The number of methoxy groups -OCH3 is 1. The van der Waals surface area contributed by atoms with Crippen molar-refractivity contribution in [2.75, 3.05) is 7.11 Å². The van der Waals surface area contributed by atoms with Gasteiger partial charge in [0.05, 0.1) is 31.6 Å². The third-order valence-corrected chi connectivity index (χ3v) is 4.63. The predicted octanol–water partition coefficient (Wildman–Crippen LogP) is 2.28. The van der Waals surface area contributed by atoms with Gasteiger partial charge in [-0.15, -0.1) is 0 Å². The van der Waals surface area contributed by atoms with Crippen molar-refractivity contribution in [3.05, 3.63) is 45.5 Å². The van der Waals surface area contributed by atoms with Gasteiger partial charge in [0.25, 0.3) is 6.29 Å². The number of hydrogen-bond donors (Lipinski definition) is 0. The van der Waals surface area contributed by atoms with Crippen LogP contribution in [0.2, 0.25) is 0 Å². The lowest BCUT2D eigenvalue weighted by atomic mass is 9.95. The standard InChI is InChI=1S/C17H12O6/c1-20-10-6-11-14(8-4-5-21-17(8)22-11)15-13(10)7-2-3-9(18)12(7)16(19)23-15/h4-6,8,17H,2-3H2,1H3/t8-,17+/m0/s1/i4D. The Hall–Kier alpha value is -2.76. The number of Topliss-reactive ketones (excluding diaryl/α,β-unsaturated/α-hetero) is 1. The molecule has 0 unspecified atom stereocenters. The fourth-order valence-electron chi connectivity index (χ4n) is 3.64. The van der Waals surface area contributed by atoms with Gasteiger partial charge in [-0.05, 0) is 18.0 Å². The molecule has 0 saturated carbocycles. The van der Waals surface area contributed by atoms with E-state index in [4.69, 9.17) is 20.0 Å². The topological polar surface area (TPSA) is 75.0 Å². The van der Waals surface area contributed by atoms with Crippen LogP contribution < -0.4 is 15.1 Å². The molecular weight excluding hydrogens is 300 g/mol. The molecular formula is C17H12O6. The van der Waals surface area contributed by atoms with E-state index in [1.165, 1.54) is 13.4 Å². The van der Waals surface area contributed by atoms with E-state index >= 15 is 0 Å². The van der Waals surface area contributed by atoms with Crippen LogP contribution in [-0.4, -0.2) is 19.2 Å². The molecule has 1 aliphatic carbocycles. The lowest BCUT2D eigenvalue weighted by Crippen LogP contribution is -2.14. The molecule has 0 bridgehead atoms. The van der Waals surface area contributed by atoms with Crippen LogP contribution in [0, 0.1) is 0 Å². The minimum atomic E-state index is -0.645. The minimum Gasteiger partial charge on any atom is -0.496 e. The van der Waals surface area contributed by atoms with Gasteiger partial charge >= 0.3 is 5.63 Å². The van der Waals surface area contributed by atoms with Gasteiger partial charge in [0, 0.05) is 12.5 Å². The summed E-state index contributed by atoms with van der Waals surface area (Å²) in [6.45, 7) is 0. The molecule has 2 atom stereocenters. The Labute approximate surface area is 131 Å². The number of rotatable bonds is 1. The zero-order valence-corrected chi connectivity index (χ0v) is 12.2. The lowest BCUT2D eigenvalue weighted by Gasteiger charge is -2.12. The maximum Gasteiger partial charge on any atom is 0.347 e. The molecule has 0 spiro atoms. The summed E-state index contributed by atoms with van der Waals surface area (Å²) < 4.78 is 30.1. The average Bonchev–Trinajstić information content (AvgIpc) is 3.22. The number of carbonyl (C=O) groups excluding carboxylic acids is 1. The van der Waals surface area contributed by atoms with Crippen molar-refractivity contribution in [2.24, 2.45) is 0 Å². The van der Waals surface area contributed by atoms with Crippen molar-refractivity contribution in [1.29, 1.82) is 0 Å². The van der Waals surface area contributed by atoms with Crippen LogP contribution in [0.15, 0.2) is 27.6 Å². The monoisotopic (exact) mass is 313 g/mol. The fourth-order valence-corrected chi connectivity index (χ4v) is 3.64. The molecule has 2 aliphatic heterocycles. The Morgan fingerprint density at radius 3 is 3.04 bits per heavy atom. The molecule has 0 N–H and O–H groups in total. The van der Waals surface area contributed by atoms with Crippen LogP contribution in [0.25, 0.3) is 11.0 Å². The van der Waals surface area contributed by atoms with Gasteiger partial charge in [-0.1, -0.05) is 0 Å². The molecule has 1 aromatic carbocycles. The molecule has 0 saturated heterocycles. The van der Waals surface area contributed by atoms with Crippen molar-refractivity contribution in [3.8, 4) is 11.5 Å². The SMILES string of the molecule is [2H]C1=CO[C@@H]2Oc3cc(OC)c4c5c(c(=O)oc4c3[C@H]12)C(=O)CC5. The van der Waals surface area contributed by atoms with Gasteiger partial charge in [-0.2, -0.15) is 0 Å². The van der Waals surface area contributed by atoms with Crippen molar-refractivity contribution >= 4 is 16.8 Å². The summed E-state index contributed by atoms with van der Waals surface area (Å²) in [7, 11) is 1.51. The fraction of sp³-hybridized carbons (Fsp3) is 0.294. The maximum absolute atomic E-state index is 12.3. The summed E-state index contributed by atoms with van der Waals surface area (Å²) in [5, 5.41) is 0.612. The second-order valence-electron chi connectivity index (χ2n) is 5.75. The molecule has 0 radical (unpaired) electrons. The molecule has 0 fully saturated rings. The lowest BCUT2D eigenvalue weighted by molar-refractivity contribution is -0.00485. The first-order chi connectivity index (χ1) is 11.6. The first-order valence-corrected chi connectivity index (χ1v) is 7.32. The quantitative estimate of drug-likeness (QED) is 0.752. The summed E-state index contributed by atoms with van der Waals surface area (Å²) >= 11 is 0. The minimum absolute atomic E-state index is 0.112. The van der Waals surface area contributed by atoms with Crippen molar-refractivity contribution in [1.82, 2.24) is 0 Å². The largest absolute Gasteiger partial charge is 0.496 e. The van der Waals surface area contributed by atoms with E-state index in [1.807, 2.05) is 0 Å². The summed E-state index contributed by atoms with van der Waals surface area (Å²) in [4.78, 5) is 24.4. The number of hydrogen-bond acceptors (Lipinski definition) is 6. The van der Waals surface area contributed by atoms with Crippen LogP contribution in [0.4, 0.5) is 0 Å². The summed E-state index contributed by atoms with van der Waals surface area (Å²) in [6, 6.07) is 1.96. The molecule has 3 heterocycles. The Morgan fingerprint density at radius 2 is 2.22 bits per heavy atom. The molecule has 2 aromatic rings. The molecule has 23 heavy (non-hydrogen) atoms. The summed E-state index contributed by atoms with van der Waals surface area (Å²) in [5.74, 6) is 0.294. The van der Waals surface area contributed by atoms with Gasteiger partial charge in [-0.25, -0.2) is 4.79 Å². The van der Waals surface area contributed by atoms with Crippen molar-refractivity contribution in [2.45, 2.75) is 25.0 Å². The highest BCUT2D eigenvalue weighted by atomic mass is 16.7. The Morgan fingerprint density at radius 1 is 1.35 bits per heavy atom. The van der Waals surface area contributed by atoms with Gasteiger partial charge in [0.2, 0.25) is 0 Å². The van der Waals surface area contributed by atoms with Crippen molar-refractivity contribution < 1.29 is 24.8 Å². The maximum atomic E-state index is 12.3. The smallest absolute Gasteiger partial charge is 0.347 e. The van der Waals surface area contributed by atoms with E-state index in [0.29, 0.717) is 40.0 Å². The Balaban J connectivity index is 1.93. The molecule has 3 aliphatic rings. The summed E-state index contributed by atoms with van der Waals surface area (Å²) in [6.07, 6.45) is 1.46. The highest BCUT2D eigenvalue weighted by Crippen LogP contribution is 2.50. The van der Waals surface area contributed by atoms with Gasteiger partial charge in [-0.3, -0.25) is 4.79 Å². The van der Waals surface area contributed by atoms with Gasteiger partial charge in [0.1, 0.15) is 22.6 Å². The van der Waals surface area contributed by atoms with E-state index in [2.05, 4.69) is 0 Å². The molecule has 116 valence electrons. The average molecular weight is 313 g/mol. The van der Waals surface area contributed by atoms with Crippen LogP contribution in [0.1, 0.15) is 35.2 Å². The molecule has 6 heteroatoms.